The van der Waals surface area contributed by atoms with Gasteiger partial charge in [0.05, 0.1) is 32.4 Å². The minimum Gasteiger partial charge on any atom is -0.371 e. The number of amidine groups is 1. The van der Waals surface area contributed by atoms with Crippen LogP contribution in [0, 0.1) is 0 Å². The van der Waals surface area contributed by atoms with Crippen molar-refractivity contribution in [3.63, 3.8) is 0 Å². The van der Waals surface area contributed by atoms with E-state index in [1.807, 2.05) is 0 Å². The molecular weight excluding hydrogens is 526 g/mol. The molecule has 0 bridgehead atoms. The highest BCUT2D eigenvalue weighted by Gasteiger charge is 2.43. The molecule has 0 aromatic carbocycles. The number of quaternary nitrogens is 1. The number of hydrogen-bond acceptors (Lipinski definition) is 5. The molecule has 3 N–H and O–H groups in total. The van der Waals surface area contributed by atoms with Crippen LogP contribution < -0.4 is 16.0 Å². The largest absolute Gasteiger partial charge is 0.371 e. The zero-order chi connectivity index (χ0) is 27.6. The molecule has 0 amide bonds. The van der Waals surface area contributed by atoms with Crippen LogP contribution in [-0.4, -0.2) is 85.2 Å². The van der Waals surface area contributed by atoms with E-state index < -0.39 is 0 Å². The topological polar surface area (TPSA) is 73.5 Å². The summed E-state index contributed by atoms with van der Waals surface area (Å²) < 4.78 is 11.8. The van der Waals surface area contributed by atoms with Gasteiger partial charge in [0.25, 0.3) is 0 Å². The molecule has 2 saturated heterocycles. The van der Waals surface area contributed by atoms with Crippen LogP contribution in [0.1, 0.15) is 110 Å². The minimum atomic E-state index is 0.290. The number of epoxide rings is 2. The van der Waals surface area contributed by atoms with E-state index in [0.29, 0.717) is 16.3 Å². The third-order valence-electron chi connectivity index (χ3n) is 8.27. The number of thiocarbonyl (C=S) groups is 2. The minimum absolute atomic E-state index is 0.290. The van der Waals surface area contributed by atoms with E-state index in [9.17, 15) is 0 Å². The summed E-state index contributed by atoms with van der Waals surface area (Å²) in [7, 11) is 0. The number of nitrogens with one attached hydrogen (secondary N) is 3. The Balaban J connectivity index is 1.22. The van der Waals surface area contributed by atoms with Crippen molar-refractivity contribution in [1.29, 1.82) is 0 Å². The van der Waals surface area contributed by atoms with Crippen molar-refractivity contribution in [1.82, 2.24) is 16.0 Å². The Bertz CT molecular complexity index is 745. The summed E-state index contributed by atoms with van der Waals surface area (Å²) in [6.45, 7) is 9.56. The lowest BCUT2D eigenvalue weighted by Crippen LogP contribution is -2.57. The maximum atomic E-state index is 5.64. The zero-order valence-corrected chi connectivity index (χ0v) is 26.3. The molecule has 0 spiro atoms. The average molecular weight is 583 g/mol. The first-order valence-corrected chi connectivity index (χ1v) is 16.9. The van der Waals surface area contributed by atoms with Gasteiger partial charge in [0.1, 0.15) is 25.7 Å². The molecule has 3 heterocycles. The second kappa shape index (κ2) is 19.3. The normalized spacial score (nSPS) is 23.4. The lowest BCUT2D eigenvalue weighted by atomic mass is 10.0. The van der Waals surface area contributed by atoms with Crippen molar-refractivity contribution in [3.05, 3.63) is 0 Å². The Hall–Kier alpha value is -0.870. The molecule has 3 unspecified atom stereocenters. The van der Waals surface area contributed by atoms with Gasteiger partial charge in [-0.25, -0.2) is 4.99 Å². The Morgan fingerprint density at radius 1 is 0.795 bits per heavy atom. The molecule has 2 fully saturated rings. The Labute approximate surface area is 249 Å². The number of hydrogen-bond donors (Lipinski definition) is 3. The van der Waals surface area contributed by atoms with Crippen LogP contribution >= 0.6 is 24.4 Å². The second-order valence-electron chi connectivity index (χ2n) is 11.8. The lowest BCUT2D eigenvalue weighted by Gasteiger charge is -2.34. The molecule has 39 heavy (non-hydrogen) atoms. The maximum Gasteiger partial charge on any atom is 0.198 e. The van der Waals surface area contributed by atoms with Gasteiger partial charge in [-0.1, -0.05) is 96.8 Å². The van der Waals surface area contributed by atoms with E-state index in [1.165, 1.54) is 102 Å². The number of unbranched alkanes of at least 4 members (excludes halogenated alkanes) is 14. The van der Waals surface area contributed by atoms with Crippen molar-refractivity contribution in [2.75, 3.05) is 52.5 Å². The van der Waals surface area contributed by atoms with Crippen LogP contribution in [0.2, 0.25) is 0 Å². The smallest absolute Gasteiger partial charge is 0.198 e. The van der Waals surface area contributed by atoms with Crippen molar-refractivity contribution < 1.29 is 14.0 Å². The molecular formula is C30H56N5O2S2+. The second-order valence-corrected chi connectivity index (χ2v) is 12.6. The molecule has 9 heteroatoms. The standard InChI is InChI=1S/C30H55N5O2S2/c1-2-3-4-5-6-7-8-9-10-11-12-13-14-15-16-17-28-31-18-20-35(28,23-27-25-37-27)21-19-32-29(38)34-30(39)33-22-26-24-36-26/h26-27H,2-25H2,1H3,(H2-,32,33,34,38,39)/p+1. The quantitative estimate of drug-likeness (QED) is 0.0626. The van der Waals surface area contributed by atoms with Crippen molar-refractivity contribution >= 4 is 40.5 Å². The molecule has 0 aromatic rings. The van der Waals surface area contributed by atoms with Gasteiger partial charge >= 0.3 is 0 Å². The summed E-state index contributed by atoms with van der Waals surface area (Å²) in [5.74, 6) is 1.38. The van der Waals surface area contributed by atoms with Gasteiger partial charge in [0, 0.05) is 13.0 Å². The van der Waals surface area contributed by atoms with Crippen LogP contribution in [0.5, 0.6) is 0 Å². The van der Waals surface area contributed by atoms with E-state index in [1.54, 1.807) is 0 Å². The third-order valence-corrected chi connectivity index (χ3v) is 8.77. The number of nitrogens with zero attached hydrogens (tertiary/aromatic N) is 2. The number of rotatable bonds is 23. The highest BCUT2D eigenvalue weighted by atomic mass is 32.1. The first-order chi connectivity index (χ1) is 19.1. The lowest BCUT2D eigenvalue weighted by molar-refractivity contribution is -0.835. The van der Waals surface area contributed by atoms with Gasteiger partial charge in [0.15, 0.2) is 16.1 Å². The van der Waals surface area contributed by atoms with Crippen LogP contribution in [0.15, 0.2) is 4.99 Å². The summed E-state index contributed by atoms with van der Waals surface area (Å²) in [6.07, 6.45) is 22.8. The third kappa shape index (κ3) is 14.5. The Morgan fingerprint density at radius 3 is 1.90 bits per heavy atom. The monoisotopic (exact) mass is 582 g/mol. The van der Waals surface area contributed by atoms with Crippen LogP contribution in [0.3, 0.4) is 0 Å². The summed E-state index contributed by atoms with van der Waals surface area (Å²) in [5, 5.41) is 10.7. The van der Waals surface area contributed by atoms with Gasteiger partial charge in [-0.05, 0) is 30.9 Å². The summed E-state index contributed by atoms with van der Waals surface area (Å²) in [5.41, 5.74) is 0. The van der Waals surface area contributed by atoms with Crippen molar-refractivity contribution in [2.45, 2.75) is 122 Å². The molecule has 7 nitrogen and oxygen atoms in total. The highest BCUT2D eigenvalue weighted by molar-refractivity contribution is 7.81. The molecule has 0 radical (unpaired) electrons. The van der Waals surface area contributed by atoms with Crippen molar-refractivity contribution in [3.8, 4) is 0 Å². The molecule has 3 aliphatic rings. The maximum absolute atomic E-state index is 5.64. The molecule has 0 saturated carbocycles. The van der Waals surface area contributed by atoms with Gasteiger partial charge < -0.3 is 25.4 Å². The van der Waals surface area contributed by atoms with Gasteiger partial charge in [-0.15, -0.1) is 0 Å². The first-order valence-electron chi connectivity index (χ1n) is 16.1. The van der Waals surface area contributed by atoms with Gasteiger partial charge in [0.2, 0.25) is 0 Å². The summed E-state index contributed by atoms with van der Waals surface area (Å²) >= 11 is 10.8. The number of aliphatic imine (C=N–C) groups is 1. The molecule has 0 aromatic heterocycles. The molecule has 0 aliphatic carbocycles. The van der Waals surface area contributed by atoms with Gasteiger partial charge in [-0.2, -0.15) is 0 Å². The first kappa shape index (κ1) is 32.6. The van der Waals surface area contributed by atoms with Crippen molar-refractivity contribution in [2.24, 2.45) is 4.99 Å². The summed E-state index contributed by atoms with van der Waals surface area (Å²) in [4.78, 5) is 4.98. The SMILES string of the molecule is CCCCCCCCCCCCCCCCCC1=NCC[N+]1(CCNC(=S)NC(=S)NCC1CO1)CC1CO1. The Morgan fingerprint density at radius 2 is 1.33 bits per heavy atom. The van der Waals surface area contributed by atoms with Gasteiger partial charge in [-0.3, -0.25) is 4.48 Å². The molecule has 224 valence electrons. The predicted molar refractivity (Wildman–Crippen MR) is 171 cm³/mol. The van der Waals surface area contributed by atoms with E-state index in [4.69, 9.17) is 38.9 Å². The van der Waals surface area contributed by atoms with Crippen LogP contribution in [0.4, 0.5) is 0 Å². The van der Waals surface area contributed by atoms with E-state index in [0.717, 1.165) is 63.4 Å². The fourth-order valence-corrected chi connectivity index (χ4v) is 6.13. The fourth-order valence-electron chi connectivity index (χ4n) is 5.68. The fraction of sp³-hybridized carbons (Fsp3) is 0.900. The average Bonchev–Trinajstić information content (AvgIpc) is 3.85. The Kier molecular flexibility index (Phi) is 16.1. The summed E-state index contributed by atoms with van der Waals surface area (Å²) in [6, 6.07) is 0. The molecule has 3 rings (SSSR count). The molecule has 3 aliphatic heterocycles. The predicted octanol–water partition coefficient (Wildman–Crippen LogP) is 5.61. The number of ether oxygens (including phenoxy) is 2. The van der Waals surface area contributed by atoms with E-state index in [-0.39, 0.29) is 6.10 Å². The van der Waals surface area contributed by atoms with Crippen LogP contribution in [-0.2, 0) is 9.47 Å². The van der Waals surface area contributed by atoms with E-state index in [2.05, 4.69) is 22.9 Å². The molecule has 3 atom stereocenters. The zero-order valence-electron chi connectivity index (χ0n) is 24.7. The van der Waals surface area contributed by atoms with E-state index >= 15 is 0 Å². The highest BCUT2D eigenvalue weighted by Crippen LogP contribution is 2.25. The van der Waals surface area contributed by atoms with Crippen LogP contribution in [0.25, 0.3) is 0 Å².